The summed E-state index contributed by atoms with van der Waals surface area (Å²) < 4.78 is 0. The van der Waals surface area contributed by atoms with E-state index in [0.717, 1.165) is 22.3 Å². The number of nitrogens with two attached hydrogens (primary N) is 1. The maximum atomic E-state index is 13.0. The number of benzene rings is 3. The number of carbonyl (C=O) groups excluding carboxylic acids is 1. The van der Waals surface area contributed by atoms with Crippen molar-refractivity contribution in [3.63, 3.8) is 0 Å². The first kappa shape index (κ1) is 20.5. The Morgan fingerprint density at radius 1 is 0.969 bits per heavy atom. The van der Waals surface area contributed by atoms with Gasteiger partial charge < -0.3 is 11.2 Å². The third-order valence-electron chi connectivity index (χ3n) is 4.94. The lowest BCUT2D eigenvalue weighted by Crippen LogP contribution is -2.13. The molecule has 3 N–H and O–H groups in total. The second kappa shape index (κ2) is 9.37. The third-order valence-corrected chi connectivity index (χ3v) is 4.94. The first-order valence-electron chi connectivity index (χ1n) is 9.89. The van der Waals surface area contributed by atoms with Crippen LogP contribution in [0.2, 0.25) is 0 Å². The van der Waals surface area contributed by atoms with E-state index in [1.807, 2.05) is 66.7 Å². The quantitative estimate of drug-likeness (QED) is 0.276. The van der Waals surface area contributed by atoms with E-state index in [-0.39, 0.29) is 5.91 Å². The minimum atomic E-state index is -0.267. The van der Waals surface area contributed by atoms with Crippen LogP contribution in [0.4, 0.5) is 5.69 Å². The van der Waals surface area contributed by atoms with Crippen LogP contribution < -0.4 is 11.2 Å². The average molecular weight is 417 g/mol. The number of nitriles is 1. The molecule has 0 saturated heterocycles. The summed E-state index contributed by atoms with van der Waals surface area (Å²) in [6, 6.07) is 28.0. The molecule has 0 aliphatic rings. The Balaban J connectivity index is 1.59. The van der Waals surface area contributed by atoms with Crippen molar-refractivity contribution in [3.8, 4) is 28.5 Å². The summed E-state index contributed by atoms with van der Waals surface area (Å²) in [5.41, 5.74) is 5.62. The number of hydrazone groups is 1. The second-order valence-corrected chi connectivity index (χ2v) is 6.99. The van der Waals surface area contributed by atoms with Gasteiger partial charge in [-0.2, -0.15) is 10.4 Å². The van der Waals surface area contributed by atoms with Crippen LogP contribution in [0, 0.1) is 11.3 Å². The van der Waals surface area contributed by atoms with Crippen LogP contribution in [0.15, 0.2) is 96.2 Å². The van der Waals surface area contributed by atoms with Crippen molar-refractivity contribution in [2.75, 3.05) is 5.32 Å². The molecule has 0 radical (unpaired) electrons. The molecule has 6 nitrogen and oxygen atoms in total. The van der Waals surface area contributed by atoms with Gasteiger partial charge in [-0.25, -0.2) is 0 Å². The van der Waals surface area contributed by atoms with Crippen LogP contribution in [-0.4, -0.2) is 17.1 Å². The van der Waals surface area contributed by atoms with Gasteiger partial charge in [-0.3, -0.25) is 9.78 Å². The van der Waals surface area contributed by atoms with Crippen LogP contribution >= 0.6 is 0 Å². The number of aromatic nitrogens is 1. The number of hydrogen-bond donors (Lipinski definition) is 2. The van der Waals surface area contributed by atoms with Gasteiger partial charge in [-0.05, 0) is 53.1 Å². The molecule has 1 heterocycles. The Kier molecular flexibility index (Phi) is 6.01. The molecular weight excluding hydrogens is 398 g/mol. The van der Waals surface area contributed by atoms with Crippen LogP contribution in [0.1, 0.15) is 21.5 Å². The predicted octanol–water partition coefficient (Wildman–Crippen LogP) is 4.83. The fourth-order valence-electron chi connectivity index (χ4n) is 3.43. The molecule has 0 unspecified atom stereocenters. The molecule has 0 saturated carbocycles. The van der Waals surface area contributed by atoms with E-state index >= 15 is 0 Å². The van der Waals surface area contributed by atoms with E-state index in [1.165, 1.54) is 6.21 Å². The summed E-state index contributed by atoms with van der Waals surface area (Å²) in [4.78, 5) is 17.5. The number of hydrogen-bond acceptors (Lipinski definition) is 5. The molecule has 0 spiro atoms. The van der Waals surface area contributed by atoms with E-state index in [2.05, 4.69) is 21.5 Å². The Labute approximate surface area is 185 Å². The lowest BCUT2D eigenvalue weighted by atomic mass is 10.00. The van der Waals surface area contributed by atoms with Crippen LogP contribution in [-0.2, 0) is 0 Å². The first-order valence-corrected chi connectivity index (χ1v) is 9.89. The summed E-state index contributed by atoms with van der Waals surface area (Å²) in [6.45, 7) is 0. The van der Waals surface area contributed by atoms with Gasteiger partial charge in [-0.15, -0.1) is 0 Å². The molecule has 1 aromatic heterocycles. The molecule has 4 aromatic rings. The van der Waals surface area contributed by atoms with E-state index in [9.17, 15) is 10.1 Å². The Morgan fingerprint density at radius 3 is 2.56 bits per heavy atom. The molecule has 0 atom stereocenters. The molecule has 4 rings (SSSR count). The van der Waals surface area contributed by atoms with Gasteiger partial charge in [0.25, 0.3) is 5.91 Å². The van der Waals surface area contributed by atoms with Crippen molar-refractivity contribution in [2.24, 2.45) is 10.9 Å². The maximum Gasteiger partial charge on any atom is 0.257 e. The van der Waals surface area contributed by atoms with Gasteiger partial charge in [0.1, 0.15) is 0 Å². The molecule has 32 heavy (non-hydrogen) atoms. The van der Waals surface area contributed by atoms with Gasteiger partial charge in [0.15, 0.2) is 0 Å². The fraction of sp³-hybridized carbons (Fsp3) is 0. The van der Waals surface area contributed by atoms with Crippen molar-refractivity contribution < 1.29 is 4.79 Å². The highest BCUT2D eigenvalue weighted by Crippen LogP contribution is 2.26. The highest BCUT2D eigenvalue weighted by Gasteiger charge is 2.14. The summed E-state index contributed by atoms with van der Waals surface area (Å²) >= 11 is 0. The van der Waals surface area contributed by atoms with E-state index in [0.29, 0.717) is 22.5 Å². The number of nitrogens with zero attached hydrogens (tertiary/aromatic N) is 3. The van der Waals surface area contributed by atoms with Gasteiger partial charge >= 0.3 is 0 Å². The Bertz CT molecular complexity index is 1340. The Morgan fingerprint density at radius 2 is 1.78 bits per heavy atom. The first-order chi connectivity index (χ1) is 15.7. The zero-order valence-electron chi connectivity index (χ0n) is 17.1. The van der Waals surface area contributed by atoms with Crippen molar-refractivity contribution in [1.29, 1.82) is 5.26 Å². The minimum absolute atomic E-state index is 0.267. The highest BCUT2D eigenvalue weighted by atomic mass is 16.1. The normalized spacial score (nSPS) is 10.6. The van der Waals surface area contributed by atoms with Crippen molar-refractivity contribution in [3.05, 3.63) is 108 Å². The molecule has 0 aliphatic heterocycles. The van der Waals surface area contributed by atoms with Crippen LogP contribution in [0.25, 0.3) is 22.4 Å². The smallest absolute Gasteiger partial charge is 0.257 e. The number of anilines is 1. The SMILES string of the molecule is N#Cc1ccccc1-c1ccc(NC(=O)c2cccnc2-c2cccc(C=NN)c2)cc1. The summed E-state index contributed by atoms with van der Waals surface area (Å²) in [7, 11) is 0. The second-order valence-electron chi connectivity index (χ2n) is 6.99. The minimum Gasteiger partial charge on any atom is -0.323 e. The van der Waals surface area contributed by atoms with Crippen molar-refractivity contribution in [2.45, 2.75) is 0 Å². The fourth-order valence-corrected chi connectivity index (χ4v) is 3.43. The summed E-state index contributed by atoms with van der Waals surface area (Å²) in [6.07, 6.45) is 3.19. The number of carbonyl (C=O) groups is 1. The van der Waals surface area contributed by atoms with Gasteiger partial charge in [0.05, 0.1) is 29.1 Å². The molecule has 6 heteroatoms. The maximum absolute atomic E-state index is 13.0. The topological polar surface area (TPSA) is 104 Å². The van der Waals surface area contributed by atoms with Gasteiger partial charge in [0, 0.05) is 17.4 Å². The zero-order valence-corrected chi connectivity index (χ0v) is 17.1. The number of nitrogens with one attached hydrogen (secondary N) is 1. The molecule has 0 aliphatic carbocycles. The average Bonchev–Trinajstić information content (AvgIpc) is 2.85. The molecular formula is C26H19N5O. The third kappa shape index (κ3) is 4.37. The molecule has 3 aromatic carbocycles. The van der Waals surface area contributed by atoms with Crippen molar-refractivity contribution >= 4 is 17.8 Å². The largest absolute Gasteiger partial charge is 0.323 e. The number of pyridine rings is 1. The van der Waals surface area contributed by atoms with E-state index in [1.54, 1.807) is 24.4 Å². The van der Waals surface area contributed by atoms with E-state index in [4.69, 9.17) is 5.84 Å². The monoisotopic (exact) mass is 417 g/mol. The zero-order chi connectivity index (χ0) is 22.3. The van der Waals surface area contributed by atoms with E-state index < -0.39 is 0 Å². The molecule has 1 amide bonds. The lowest BCUT2D eigenvalue weighted by molar-refractivity contribution is 0.102. The standard InChI is InChI=1S/C26H19N5O/c27-16-21-6-1-2-8-23(21)19-10-12-22(13-11-19)31-26(32)24-9-4-14-29-25(24)20-7-3-5-18(15-20)17-30-28/h1-15,17H,28H2,(H,31,32). The summed E-state index contributed by atoms with van der Waals surface area (Å²) in [5.74, 6) is 4.98. The summed E-state index contributed by atoms with van der Waals surface area (Å²) in [5, 5.41) is 15.8. The molecule has 0 fully saturated rings. The molecule has 0 bridgehead atoms. The number of rotatable bonds is 5. The predicted molar refractivity (Wildman–Crippen MR) is 126 cm³/mol. The number of amides is 1. The molecule has 154 valence electrons. The van der Waals surface area contributed by atoms with Gasteiger partial charge in [-0.1, -0.05) is 48.5 Å². The van der Waals surface area contributed by atoms with Gasteiger partial charge in [0.2, 0.25) is 0 Å². The lowest BCUT2D eigenvalue weighted by Gasteiger charge is -2.11. The Hall–Kier alpha value is -4.76. The highest BCUT2D eigenvalue weighted by molar-refractivity contribution is 6.08. The van der Waals surface area contributed by atoms with Crippen molar-refractivity contribution in [1.82, 2.24) is 4.98 Å². The van der Waals surface area contributed by atoms with Crippen LogP contribution in [0.3, 0.4) is 0 Å². The van der Waals surface area contributed by atoms with Crippen LogP contribution in [0.5, 0.6) is 0 Å².